The van der Waals surface area contributed by atoms with Gasteiger partial charge in [0.25, 0.3) is 0 Å². The number of hydrogen-bond donors (Lipinski definition) is 1. The van der Waals surface area contributed by atoms with Crippen LogP contribution in [0, 0.1) is 0 Å². The number of carbonyl (C=O) groups excluding carboxylic acids is 1. The number of hydrogen-bond acceptors (Lipinski definition) is 4. The molecule has 1 unspecified atom stereocenters. The minimum Gasteiger partial charge on any atom is -0.439 e. The molecule has 1 heterocycles. The SMILES string of the molecule is COC1N(Cc2ccccc2N)C(=O)OC1(C)C. The molecule has 1 amide bonds. The van der Waals surface area contributed by atoms with E-state index in [-0.39, 0.29) is 6.09 Å². The van der Waals surface area contributed by atoms with Crippen LogP contribution in [0.4, 0.5) is 10.5 Å². The number of amides is 1. The average molecular weight is 250 g/mol. The van der Waals surface area contributed by atoms with Gasteiger partial charge in [-0.2, -0.15) is 0 Å². The molecule has 1 aromatic carbocycles. The van der Waals surface area contributed by atoms with Gasteiger partial charge < -0.3 is 15.2 Å². The summed E-state index contributed by atoms with van der Waals surface area (Å²) >= 11 is 0. The number of methoxy groups -OCH3 is 1. The number of nitrogens with two attached hydrogens (primary N) is 1. The molecule has 0 bridgehead atoms. The molecule has 5 nitrogen and oxygen atoms in total. The fourth-order valence-electron chi connectivity index (χ4n) is 2.23. The second-order valence-corrected chi connectivity index (χ2v) is 4.89. The number of para-hydroxylation sites is 1. The van der Waals surface area contributed by atoms with Gasteiger partial charge in [-0.3, -0.25) is 4.90 Å². The van der Waals surface area contributed by atoms with Gasteiger partial charge in [0.15, 0.2) is 11.8 Å². The molecule has 2 N–H and O–H groups in total. The molecule has 1 aliphatic rings. The summed E-state index contributed by atoms with van der Waals surface area (Å²) in [6, 6.07) is 7.45. The zero-order chi connectivity index (χ0) is 13.3. The normalized spacial score (nSPS) is 22.1. The van der Waals surface area contributed by atoms with Crippen molar-refractivity contribution in [2.75, 3.05) is 12.8 Å². The molecule has 2 rings (SSSR count). The van der Waals surface area contributed by atoms with Crippen LogP contribution >= 0.6 is 0 Å². The maximum absolute atomic E-state index is 11.9. The first kappa shape index (κ1) is 12.7. The van der Waals surface area contributed by atoms with E-state index < -0.39 is 11.8 Å². The largest absolute Gasteiger partial charge is 0.439 e. The average Bonchev–Trinajstić information content (AvgIpc) is 2.51. The number of ether oxygens (including phenoxy) is 2. The van der Waals surface area contributed by atoms with Gasteiger partial charge in [0.1, 0.15) is 0 Å². The van der Waals surface area contributed by atoms with E-state index in [1.807, 2.05) is 38.1 Å². The lowest BCUT2D eigenvalue weighted by Crippen LogP contribution is -2.42. The number of carbonyl (C=O) groups is 1. The Labute approximate surface area is 106 Å². The summed E-state index contributed by atoms with van der Waals surface area (Å²) in [4.78, 5) is 13.4. The number of cyclic esters (lactones) is 1. The van der Waals surface area contributed by atoms with Gasteiger partial charge >= 0.3 is 6.09 Å². The first-order chi connectivity index (χ1) is 8.45. The highest BCUT2D eigenvalue weighted by molar-refractivity contribution is 5.71. The van der Waals surface area contributed by atoms with Crippen molar-refractivity contribution in [2.45, 2.75) is 32.2 Å². The molecule has 0 aromatic heterocycles. The first-order valence-electron chi connectivity index (χ1n) is 5.81. The second kappa shape index (κ2) is 4.49. The van der Waals surface area contributed by atoms with E-state index in [4.69, 9.17) is 15.2 Å². The number of anilines is 1. The molecule has 1 aliphatic heterocycles. The monoisotopic (exact) mass is 250 g/mol. The van der Waals surface area contributed by atoms with E-state index in [1.54, 1.807) is 12.0 Å². The third kappa shape index (κ3) is 2.13. The molecule has 1 saturated heterocycles. The minimum atomic E-state index is -0.657. The van der Waals surface area contributed by atoms with E-state index >= 15 is 0 Å². The van der Waals surface area contributed by atoms with Crippen LogP contribution in [0.25, 0.3) is 0 Å². The Morgan fingerprint density at radius 2 is 2.11 bits per heavy atom. The van der Waals surface area contributed by atoms with Crippen molar-refractivity contribution in [1.82, 2.24) is 4.90 Å². The third-order valence-corrected chi connectivity index (χ3v) is 3.08. The highest BCUT2D eigenvalue weighted by Crippen LogP contribution is 2.31. The molecule has 0 radical (unpaired) electrons. The molecule has 5 heteroatoms. The Morgan fingerprint density at radius 3 is 2.72 bits per heavy atom. The van der Waals surface area contributed by atoms with Crippen LogP contribution in [-0.4, -0.2) is 29.9 Å². The van der Waals surface area contributed by atoms with Crippen molar-refractivity contribution >= 4 is 11.8 Å². The summed E-state index contributed by atoms with van der Waals surface area (Å²) < 4.78 is 10.7. The number of benzene rings is 1. The summed E-state index contributed by atoms with van der Waals surface area (Å²) in [5.74, 6) is 0. The van der Waals surface area contributed by atoms with Crippen molar-refractivity contribution in [3.8, 4) is 0 Å². The summed E-state index contributed by atoms with van der Waals surface area (Å²) in [7, 11) is 1.57. The van der Waals surface area contributed by atoms with Crippen LogP contribution in [-0.2, 0) is 16.0 Å². The van der Waals surface area contributed by atoms with Crippen molar-refractivity contribution in [3.05, 3.63) is 29.8 Å². The van der Waals surface area contributed by atoms with Gasteiger partial charge in [0, 0.05) is 12.8 Å². The Hall–Kier alpha value is -1.75. The number of rotatable bonds is 3. The zero-order valence-corrected chi connectivity index (χ0v) is 10.8. The van der Waals surface area contributed by atoms with E-state index in [0.717, 1.165) is 5.56 Å². The third-order valence-electron chi connectivity index (χ3n) is 3.08. The fourth-order valence-corrected chi connectivity index (χ4v) is 2.23. The van der Waals surface area contributed by atoms with Crippen LogP contribution in [0.3, 0.4) is 0 Å². The van der Waals surface area contributed by atoms with Crippen LogP contribution in [0.15, 0.2) is 24.3 Å². The standard InChI is InChI=1S/C13H18N2O3/c1-13(2)11(17-3)15(12(16)18-13)8-9-6-4-5-7-10(9)14/h4-7,11H,8,14H2,1-3H3. The quantitative estimate of drug-likeness (QED) is 0.833. The van der Waals surface area contributed by atoms with Crippen LogP contribution < -0.4 is 5.73 Å². The smallest absolute Gasteiger partial charge is 0.412 e. The lowest BCUT2D eigenvalue weighted by molar-refractivity contribution is -0.0684. The predicted octanol–water partition coefficient (Wildman–Crippen LogP) is 1.97. The van der Waals surface area contributed by atoms with Crippen LogP contribution in [0.1, 0.15) is 19.4 Å². The van der Waals surface area contributed by atoms with Gasteiger partial charge in [0.2, 0.25) is 0 Å². The highest BCUT2D eigenvalue weighted by atomic mass is 16.6. The van der Waals surface area contributed by atoms with Gasteiger partial charge in [0.05, 0.1) is 6.54 Å². The summed E-state index contributed by atoms with van der Waals surface area (Å²) in [5, 5.41) is 0. The molecule has 0 saturated carbocycles. The highest BCUT2D eigenvalue weighted by Gasteiger charge is 2.48. The second-order valence-electron chi connectivity index (χ2n) is 4.89. The van der Waals surface area contributed by atoms with Crippen molar-refractivity contribution in [2.24, 2.45) is 0 Å². The number of nitrogens with zero attached hydrogens (tertiary/aromatic N) is 1. The zero-order valence-electron chi connectivity index (χ0n) is 10.8. The summed E-state index contributed by atoms with van der Waals surface area (Å²) in [5.41, 5.74) is 6.76. The Kier molecular flexibility index (Phi) is 3.17. The Balaban J connectivity index is 2.23. The van der Waals surface area contributed by atoms with Gasteiger partial charge in [-0.15, -0.1) is 0 Å². The topological polar surface area (TPSA) is 64.8 Å². The number of nitrogen functional groups attached to an aromatic ring is 1. The molecule has 0 spiro atoms. The maximum atomic E-state index is 11.9. The molecule has 98 valence electrons. The fraction of sp³-hybridized carbons (Fsp3) is 0.462. The van der Waals surface area contributed by atoms with E-state index in [2.05, 4.69) is 0 Å². The summed E-state index contributed by atoms with van der Waals surface area (Å²) in [6.07, 6.45) is -0.792. The molecule has 1 atom stereocenters. The van der Waals surface area contributed by atoms with Gasteiger partial charge in [-0.25, -0.2) is 4.79 Å². The predicted molar refractivity (Wildman–Crippen MR) is 67.8 cm³/mol. The van der Waals surface area contributed by atoms with Crippen molar-refractivity contribution in [3.63, 3.8) is 0 Å². The van der Waals surface area contributed by atoms with E-state index in [0.29, 0.717) is 12.2 Å². The van der Waals surface area contributed by atoms with E-state index in [9.17, 15) is 4.79 Å². The minimum absolute atomic E-state index is 0.380. The van der Waals surface area contributed by atoms with Crippen molar-refractivity contribution < 1.29 is 14.3 Å². The van der Waals surface area contributed by atoms with Gasteiger partial charge in [-0.1, -0.05) is 18.2 Å². The molecule has 18 heavy (non-hydrogen) atoms. The first-order valence-corrected chi connectivity index (χ1v) is 5.81. The summed E-state index contributed by atoms with van der Waals surface area (Å²) in [6.45, 7) is 4.04. The van der Waals surface area contributed by atoms with Crippen molar-refractivity contribution in [1.29, 1.82) is 0 Å². The molecule has 0 aliphatic carbocycles. The van der Waals surface area contributed by atoms with Gasteiger partial charge in [-0.05, 0) is 25.5 Å². The Morgan fingerprint density at radius 1 is 1.44 bits per heavy atom. The molecule has 1 aromatic rings. The maximum Gasteiger partial charge on any atom is 0.412 e. The molecular weight excluding hydrogens is 232 g/mol. The Bertz CT molecular complexity index is 459. The lowest BCUT2D eigenvalue weighted by atomic mass is 10.1. The molecule has 1 fully saturated rings. The van der Waals surface area contributed by atoms with Crippen LogP contribution in [0.2, 0.25) is 0 Å². The molecular formula is C13H18N2O3. The lowest BCUT2D eigenvalue weighted by Gasteiger charge is -2.27. The van der Waals surface area contributed by atoms with Crippen LogP contribution in [0.5, 0.6) is 0 Å². The van der Waals surface area contributed by atoms with E-state index in [1.165, 1.54) is 0 Å².